The van der Waals surface area contributed by atoms with E-state index in [1.807, 2.05) is 0 Å². The van der Waals surface area contributed by atoms with E-state index in [4.69, 9.17) is 5.11 Å². The molecule has 0 amide bonds. The van der Waals surface area contributed by atoms with Crippen LogP contribution in [0, 0.1) is 6.92 Å². The Morgan fingerprint density at radius 1 is 1.62 bits per heavy atom. The summed E-state index contributed by atoms with van der Waals surface area (Å²) in [5.41, 5.74) is -0.327. The average Bonchev–Trinajstić information content (AvgIpc) is 2.75. The molecule has 0 bridgehead atoms. The Labute approximate surface area is 73.7 Å². The van der Waals surface area contributed by atoms with Crippen LogP contribution in [-0.2, 0) is 0 Å². The van der Waals surface area contributed by atoms with Crippen LogP contribution in [0.4, 0.5) is 0 Å². The topological polar surface area (TPSA) is 75.1 Å². The summed E-state index contributed by atoms with van der Waals surface area (Å²) in [4.78, 5) is 24.4. The van der Waals surface area contributed by atoms with Crippen molar-refractivity contribution in [2.24, 2.45) is 0 Å². The monoisotopic (exact) mass is 182 g/mol. The Morgan fingerprint density at radius 2 is 2.23 bits per heavy atom. The second-order valence-electron chi connectivity index (χ2n) is 3.35. The molecule has 0 spiro atoms. The SMILES string of the molecule is Cc1cn([C@@H]2C[C@H]2O)c(=O)[nH]c1=O. The molecule has 1 aliphatic carbocycles. The van der Waals surface area contributed by atoms with Gasteiger partial charge in [0.1, 0.15) is 0 Å². The first-order valence-corrected chi connectivity index (χ1v) is 4.09. The standard InChI is InChI=1S/C8H10N2O3/c1-4-3-10(5-2-6(5)11)8(13)9-7(4)12/h3,5-6,11H,2H2,1H3,(H,9,12,13)/t5-,6-/m1/s1. The van der Waals surface area contributed by atoms with Crippen molar-refractivity contribution in [1.29, 1.82) is 0 Å². The zero-order valence-electron chi connectivity index (χ0n) is 7.15. The largest absolute Gasteiger partial charge is 0.391 e. The number of hydrogen-bond donors (Lipinski definition) is 2. The van der Waals surface area contributed by atoms with E-state index >= 15 is 0 Å². The Bertz CT molecular complexity index is 445. The number of aromatic nitrogens is 2. The zero-order chi connectivity index (χ0) is 9.59. The molecule has 1 aromatic heterocycles. The van der Waals surface area contributed by atoms with Crippen molar-refractivity contribution in [2.45, 2.75) is 25.5 Å². The lowest BCUT2D eigenvalue weighted by molar-refractivity contribution is 0.258. The van der Waals surface area contributed by atoms with Gasteiger partial charge in [0.05, 0.1) is 12.1 Å². The zero-order valence-corrected chi connectivity index (χ0v) is 7.15. The van der Waals surface area contributed by atoms with Crippen LogP contribution >= 0.6 is 0 Å². The van der Waals surface area contributed by atoms with Gasteiger partial charge in [-0.2, -0.15) is 0 Å². The molecular formula is C8H10N2O3. The van der Waals surface area contributed by atoms with Gasteiger partial charge in [0.15, 0.2) is 0 Å². The molecule has 0 saturated heterocycles. The fourth-order valence-electron chi connectivity index (χ4n) is 1.30. The van der Waals surface area contributed by atoms with Gasteiger partial charge >= 0.3 is 5.69 Å². The minimum Gasteiger partial charge on any atom is -0.391 e. The molecule has 13 heavy (non-hydrogen) atoms. The minimum atomic E-state index is -0.447. The van der Waals surface area contributed by atoms with Crippen LogP contribution in [0.2, 0.25) is 0 Å². The van der Waals surface area contributed by atoms with Gasteiger partial charge in [-0.15, -0.1) is 0 Å². The number of nitrogens with zero attached hydrogens (tertiary/aromatic N) is 1. The van der Waals surface area contributed by atoms with Crippen LogP contribution < -0.4 is 11.2 Å². The lowest BCUT2D eigenvalue weighted by Crippen LogP contribution is -2.30. The first-order valence-electron chi connectivity index (χ1n) is 4.09. The van der Waals surface area contributed by atoms with Crippen molar-refractivity contribution >= 4 is 0 Å². The highest BCUT2D eigenvalue weighted by molar-refractivity contribution is 5.05. The highest BCUT2D eigenvalue weighted by Gasteiger charge is 2.37. The minimum absolute atomic E-state index is 0.150. The van der Waals surface area contributed by atoms with Crippen LogP contribution in [0.15, 0.2) is 15.8 Å². The van der Waals surface area contributed by atoms with Crippen LogP contribution in [0.25, 0.3) is 0 Å². The van der Waals surface area contributed by atoms with E-state index in [0.29, 0.717) is 12.0 Å². The van der Waals surface area contributed by atoms with Crippen molar-refractivity contribution < 1.29 is 5.11 Å². The Morgan fingerprint density at radius 3 is 2.77 bits per heavy atom. The second kappa shape index (κ2) is 2.56. The van der Waals surface area contributed by atoms with E-state index in [9.17, 15) is 9.59 Å². The molecule has 0 unspecified atom stereocenters. The molecule has 2 N–H and O–H groups in total. The summed E-state index contributed by atoms with van der Waals surface area (Å²) in [6.45, 7) is 1.63. The lowest BCUT2D eigenvalue weighted by Gasteiger charge is -2.02. The van der Waals surface area contributed by atoms with Crippen molar-refractivity contribution in [3.8, 4) is 0 Å². The third kappa shape index (κ3) is 1.31. The summed E-state index contributed by atoms with van der Waals surface area (Å²) in [5.74, 6) is 0. The average molecular weight is 182 g/mol. The molecule has 5 heteroatoms. The maximum atomic E-state index is 11.2. The van der Waals surface area contributed by atoms with Crippen LogP contribution in [0.1, 0.15) is 18.0 Å². The molecule has 1 aliphatic rings. The third-order valence-electron chi connectivity index (χ3n) is 2.23. The van der Waals surface area contributed by atoms with Gasteiger partial charge in [-0.25, -0.2) is 4.79 Å². The molecule has 2 rings (SSSR count). The van der Waals surface area contributed by atoms with E-state index in [-0.39, 0.29) is 11.6 Å². The second-order valence-corrected chi connectivity index (χ2v) is 3.35. The molecule has 0 radical (unpaired) electrons. The number of nitrogens with one attached hydrogen (secondary N) is 1. The number of rotatable bonds is 1. The summed E-state index contributed by atoms with van der Waals surface area (Å²) in [6.07, 6.45) is 1.64. The van der Waals surface area contributed by atoms with Crippen molar-refractivity contribution in [3.63, 3.8) is 0 Å². The highest BCUT2D eigenvalue weighted by Crippen LogP contribution is 2.33. The first-order chi connectivity index (χ1) is 6.09. The van der Waals surface area contributed by atoms with E-state index in [0.717, 1.165) is 0 Å². The van der Waals surface area contributed by atoms with Gasteiger partial charge in [0.25, 0.3) is 5.56 Å². The number of aromatic amines is 1. The number of aryl methyl sites for hydroxylation is 1. The Balaban J connectivity index is 2.53. The maximum Gasteiger partial charge on any atom is 0.328 e. The van der Waals surface area contributed by atoms with Crippen molar-refractivity contribution in [1.82, 2.24) is 9.55 Å². The summed E-state index contributed by atoms with van der Waals surface area (Å²) in [7, 11) is 0. The van der Waals surface area contributed by atoms with E-state index in [1.165, 1.54) is 10.8 Å². The third-order valence-corrected chi connectivity index (χ3v) is 2.23. The molecule has 5 nitrogen and oxygen atoms in total. The van der Waals surface area contributed by atoms with Crippen LogP contribution in [0.3, 0.4) is 0 Å². The Kier molecular flexibility index (Phi) is 1.63. The molecule has 2 atom stereocenters. The number of aliphatic hydroxyl groups excluding tert-OH is 1. The predicted octanol–water partition coefficient (Wildman–Crippen LogP) is -0.849. The smallest absolute Gasteiger partial charge is 0.328 e. The van der Waals surface area contributed by atoms with Crippen molar-refractivity contribution in [3.05, 3.63) is 32.6 Å². The first kappa shape index (κ1) is 8.25. The molecule has 0 aliphatic heterocycles. The lowest BCUT2D eigenvalue weighted by atomic mass is 10.4. The highest BCUT2D eigenvalue weighted by atomic mass is 16.3. The fourth-order valence-corrected chi connectivity index (χ4v) is 1.30. The molecule has 1 heterocycles. The van der Waals surface area contributed by atoms with E-state index in [2.05, 4.69) is 4.98 Å². The number of aliphatic hydroxyl groups is 1. The van der Waals surface area contributed by atoms with E-state index in [1.54, 1.807) is 6.92 Å². The predicted molar refractivity (Wildman–Crippen MR) is 45.7 cm³/mol. The normalized spacial score (nSPS) is 26.0. The molecule has 0 aromatic carbocycles. The number of H-pyrrole nitrogens is 1. The van der Waals surface area contributed by atoms with Crippen LogP contribution in [-0.4, -0.2) is 20.8 Å². The van der Waals surface area contributed by atoms with E-state index < -0.39 is 11.8 Å². The van der Waals surface area contributed by atoms with Gasteiger partial charge in [-0.3, -0.25) is 14.3 Å². The Hall–Kier alpha value is -1.36. The molecule has 70 valence electrons. The van der Waals surface area contributed by atoms with Gasteiger partial charge < -0.3 is 5.11 Å². The summed E-state index contributed by atoms with van der Waals surface area (Å²) in [5, 5.41) is 9.11. The van der Waals surface area contributed by atoms with Gasteiger partial charge in [0.2, 0.25) is 0 Å². The number of hydrogen-bond acceptors (Lipinski definition) is 3. The summed E-state index contributed by atoms with van der Waals surface area (Å²) in [6, 6.07) is -0.150. The quantitative estimate of drug-likeness (QED) is 0.594. The van der Waals surface area contributed by atoms with Crippen molar-refractivity contribution in [2.75, 3.05) is 0 Å². The fraction of sp³-hybridized carbons (Fsp3) is 0.500. The van der Waals surface area contributed by atoms with Gasteiger partial charge in [0, 0.05) is 11.8 Å². The van der Waals surface area contributed by atoms with Crippen LogP contribution in [0.5, 0.6) is 0 Å². The molecular weight excluding hydrogens is 172 g/mol. The summed E-state index contributed by atoms with van der Waals surface area (Å²) < 4.78 is 1.38. The molecule has 1 aromatic rings. The summed E-state index contributed by atoms with van der Waals surface area (Å²) >= 11 is 0. The molecule has 1 saturated carbocycles. The maximum absolute atomic E-state index is 11.2. The molecule has 1 fully saturated rings. The van der Waals surface area contributed by atoms with Gasteiger partial charge in [-0.1, -0.05) is 0 Å². The van der Waals surface area contributed by atoms with Gasteiger partial charge in [-0.05, 0) is 13.3 Å².